The van der Waals surface area contributed by atoms with Crippen LogP contribution in [0.25, 0.3) is 33.6 Å². The molecule has 32 heavy (non-hydrogen) atoms. The fourth-order valence-electron chi connectivity index (χ4n) is 3.12. The quantitative estimate of drug-likeness (QED) is 0.441. The number of nitrogens with two attached hydrogens (primary N) is 1. The van der Waals surface area contributed by atoms with Gasteiger partial charge in [0.05, 0.1) is 6.54 Å². The molecule has 3 aromatic heterocycles. The van der Waals surface area contributed by atoms with Crippen molar-refractivity contribution in [1.82, 2.24) is 35.4 Å². The van der Waals surface area contributed by atoms with Crippen LogP contribution in [-0.2, 0) is 6.54 Å². The number of nitrogen functional groups attached to an aromatic ring is 1. The van der Waals surface area contributed by atoms with Crippen molar-refractivity contribution < 1.29 is 17.6 Å². The van der Waals surface area contributed by atoms with Gasteiger partial charge in [0.25, 0.3) is 5.89 Å². The maximum Gasteiger partial charge on any atom is 0.314 e. The Hall–Kier alpha value is -4.35. The fourth-order valence-corrected chi connectivity index (χ4v) is 3.12. The van der Waals surface area contributed by atoms with E-state index >= 15 is 0 Å². The van der Waals surface area contributed by atoms with Crippen LogP contribution in [0.3, 0.4) is 0 Å². The molecular formula is C20H13F3N8O. The zero-order chi connectivity index (χ0) is 22.2. The van der Waals surface area contributed by atoms with Crippen LogP contribution in [0.2, 0.25) is 0 Å². The van der Waals surface area contributed by atoms with Gasteiger partial charge in [-0.1, -0.05) is 18.2 Å². The summed E-state index contributed by atoms with van der Waals surface area (Å²) >= 11 is 0. The minimum Gasteiger partial charge on any atom is -0.415 e. The summed E-state index contributed by atoms with van der Waals surface area (Å²) in [5.41, 5.74) is 6.91. The zero-order valence-electron chi connectivity index (χ0n) is 16.2. The molecule has 0 aliphatic rings. The number of alkyl halides is 2. The molecule has 0 amide bonds. The lowest BCUT2D eigenvalue weighted by Gasteiger charge is -2.03. The van der Waals surface area contributed by atoms with Gasteiger partial charge in [-0.3, -0.25) is 0 Å². The molecule has 0 saturated heterocycles. The second kappa shape index (κ2) is 7.72. The van der Waals surface area contributed by atoms with Crippen LogP contribution in [0, 0.1) is 5.82 Å². The van der Waals surface area contributed by atoms with Gasteiger partial charge in [0.1, 0.15) is 11.6 Å². The molecule has 0 aliphatic carbocycles. The summed E-state index contributed by atoms with van der Waals surface area (Å²) in [4.78, 5) is 5.30. The van der Waals surface area contributed by atoms with Crippen LogP contribution in [0.15, 0.2) is 53.1 Å². The topological polar surface area (TPSA) is 121 Å². The number of fused-ring (bicyclic) bond motifs is 1. The molecule has 5 rings (SSSR count). The third-order valence-corrected chi connectivity index (χ3v) is 4.69. The minimum atomic E-state index is -2.90. The van der Waals surface area contributed by atoms with Crippen molar-refractivity contribution in [2.24, 2.45) is 0 Å². The highest BCUT2D eigenvalue weighted by molar-refractivity contribution is 5.87. The number of nitrogens with zero attached hydrogens (tertiary/aromatic N) is 7. The lowest BCUT2D eigenvalue weighted by atomic mass is 10.1. The molecule has 5 aromatic rings. The first kappa shape index (κ1) is 19.6. The van der Waals surface area contributed by atoms with Gasteiger partial charge in [0.2, 0.25) is 11.7 Å². The molecule has 0 atom stereocenters. The van der Waals surface area contributed by atoms with E-state index in [0.29, 0.717) is 11.6 Å². The van der Waals surface area contributed by atoms with E-state index in [9.17, 15) is 13.2 Å². The molecule has 2 N–H and O–H groups in total. The van der Waals surface area contributed by atoms with E-state index in [0.717, 1.165) is 22.4 Å². The Labute approximate surface area is 177 Å². The van der Waals surface area contributed by atoms with Gasteiger partial charge in [-0.15, -0.1) is 20.4 Å². The van der Waals surface area contributed by atoms with E-state index in [1.807, 2.05) is 18.2 Å². The second-order valence-corrected chi connectivity index (χ2v) is 6.87. The lowest BCUT2D eigenvalue weighted by Crippen LogP contribution is -2.06. The number of anilines is 1. The Balaban J connectivity index is 1.37. The van der Waals surface area contributed by atoms with Crippen molar-refractivity contribution in [2.45, 2.75) is 13.0 Å². The van der Waals surface area contributed by atoms with Crippen molar-refractivity contribution >= 4 is 16.6 Å². The second-order valence-electron chi connectivity index (χ2n) is 6.87. The van der Waals surface area contributed by atoms with Gasteiger partial charge in [-0.05, 0) is 34.9 Å². The van der Waals surface area contributed by atoms with Gasteiger partial charge in [-0.25, -0.2) is 9.37 Å². The smallest absolute Gasteiger partial charge is 0.314 e. The van der Waals surface area contributed by atoms with Crippen LogP contribution in [-0.4, -0.2) is 35.4 Å². The number of rotatable bonds is 5. The SMILES string of the molecule is Nc1cc2cc(-c3nnn(Cc4ccc(-c5nnc(C(F)F)o5)cc4F)n3)ccc2cn1. The first-order chi connectivity index (χ1) is 15.5. The fraction of sp³-hybridized carbons (Fsp3) is 0.100. The summed E-state index contributed by atoms with van der Waals surface area (Å²) in [6.45, 7) is 0.00960. The van der Waals surface area contributed by atoms with Crippen molar-refractivity contribution in [3.8, 4) is 22.8 Å². The molecule has 9 nitrogen and oxygen atoms in total. The Kier molecular flexibility index (Phi) is 4.73. The normalized spacial score (nSPS) is 11.5. The third-order valence-electron chi connectivity index (χ3n) is 4.69. The molecule has 3 heterocycles. The summed E-state index contributed by atoms with van der Waals surface area (Å²) in [5.74, 6) is -0.858. The number of pyridine rings is 1. The maximum atomic E-state index is 14.6. The highest BCUT2D eigenvalue weighted by atomic mass is 19.3. The van der Waals surface area contributed by atoms with E-state index in [4.69, 9.17) is 10.2 Å². The van der Waals surface area contributed by atoms with Crippen molar-refractivity contribution in [3.63, 3.8) is 0 Å². The molecule has 0 saturated carbocycles. The number of aromatic nitrogens is 7. The number of halogens is 3. The summed E-state index contributed by atoms with van der Waals surface area (Å²) < 4.78 is 44.6. The highest BCUT2D eigenvalue weighted by Gasteiger charge is 2.18. The van der Waals surface area contributed by atoms with E-state index in [1.54, 1.807) is 12.3 Å². The van der Waals surface area contributed by atoms with Gasteiger partial charge in [0, 0.05) is 28.3 Å². The standard InChI is InChI=1S/C20H13F3N8O/c21-15-6-11(19-27-28-20(32-19)17(22)23)2-4-13(15)9-31-29-18(26-30-31)10-1-3-12-8-25-16(24)7-14(12)5-10/h1-8,17H,9H2,(H2,24,25). The third kappa shape index (κ3) is 3.73. The molecule has 0 fully saturated rings. The average molecular weight is 438 g/mol. The maximum absolute atomic E-state index is 14.6. The van der Waals surface area contributed by atoms with Crippen molar-refractivity contribution in [2.75, 3.05) is 5.73 Å². The predicted octanol–water partition coefficient (Wildman–Crippen LogP) is 3.65. The predicted molar refractivity (Wildman–Crippen MR) is 107 cm³/mol. The number of hydrogen-bond donors (Lipinski definition) is 1. The minimum absolute atomic E-state index is 0.00960. The van der Waals surface area contributed by atoms with E-state index in [-0.39, 0.29) is 23.6 Å². The summed E-state index contributed by atoms with van der Waals surface area (Å²) in [6, 6.07) is 11.4. The molecule has 2 aromatic carbocycles. The number of tetrazole rings is 1. The van der Waals surface area contributed by atoms with E-state index in [2.05, 4.69) is 30.6 Å². The van der Waals surface area contributed by atoms with Crippen LogP contribution < -0.4 is 5.73 Å². The monoisotopic (exact) mass is 438 g/mol. The molecule has 0 spiro atoms. The number of hydrogen-bond acceptors (Lipinski definition) is 8. The first-order valence-corrected chi connectivity index (χ1v) is 9.30. The molecule has 0 radical (unpaired) electrons. The Bertz CT molecular complexity index is 1430. The van der Waals surface area contributed by atoms with Gasteiger partial charge >= 0.3 is 6.43 Å². The Morgan fingerprint density at radius 2 is 1.81 bits per heavy atom. The Morgan fingerprint density at radius 1 is 0.969 bits per heavy atom. The highest BCUT2D eigenvalue weighted by Crippen LogP contribution is 2.25. The van der Waals surface area contributed by atoms with Crippen LogP contribution in [0.1, 0.15) is 17.9 Å². The molecule has 160 valence electrons. The summed E-state index contributed by atoms with van der Waals surface area (Å²) in [5, 5.41) is 20.9. The molecule has 0 bridgehead atoms. The molecular weight excluding hydrogens is 425 g/mol. The molecule has 0 unspecified atom stereocenters. The van der Waals surface area contributed by atoms with Crippen LogP contribution in [0.4, 0.5) is 19.0 Å². The van der Waals surface area contributed by atoms with Crippen LogP contribution in [0.5, 0.6) is 0 Å². The summed E-state index contributed by atoms with van der Waals surface area (Å²) in [6.07, 6.45) is -1.22. The van der Waals surface area contributed by atoms with E-state index in [1.165, 1.54) is 16.9 Å². The number of benzene rings is 2. The lowest BCUT2D eigenvalue weighted by molar-refractivity contribution is 0.116. The van der Waals surface area contributed by atoms with Gasteiger partial charge in [-0.2, -0.15) is 13.6 Å². The average Bonchev–Trinajstić information content (AvgIpc) is 3.45. The van der Waals surface area contributed by atoms with Crippen molar-refractivity contribution in [1.29, 1.82) is 0 Å². The van der Waals surface area contributed by atoms with Gasteiger partial charge < -0.3 is 10.2 Å². The van der Waals surface area contributed by atoms with Crippen LogP contribution >= 0.6 is 0 Å². The van der Waals surface area contributed by atoms with Gasteiger partial charge in [0.15, 0.2) is 0 Å². The zero-order valence-corrected chi connectivity index (χ0v) is 16.2. The Morgan fingerprint density at radius 3 is 2.59 bits per heavy atom. The first-order valence-electron chi connectivity index (χ1n) is 9.30. The largest absolute Gasteiger partial charge is 0.415 e. The van der Waals surface area contributed by atoms with Crippen molar-refractivity contribution in [3.05, 3.63) is 65.9 Å². The van der Waals surface area contributed by atoms with E-state index < -0.39 is 18.1 Å². The summed E-state index contributed by atoms with van der Waals surface area (Å²) in [7, 11) is 0. The molecule has 12 heteroatoms. The molecule has 0 aliphatic heterocycles.